The minimum absolute atomic E-state index is 0.263. The van der Waals surface area contributed by atoms with E-state index >= 15 is 0 Å². The lowest BCUT2D eigenvalue weighted by Crippen LogP contribution is -2.59. The van der Waals surface area contributed by atoms with Gasteiger partial charge in [0.15, 0.2) is 11.9 Å². The summed E-state index contributed by atoms with van der Waals surface area (Å²) in [5.41, 5.74) is 0.988. The molecule has 14 heteroatoms. The van der Waals surface area contributed by atoms with Crippen LogP contribution in [0.3, 0.4) is 0 Å². The van der Waals surface area contributed by atoms with Crippen molar-refractivity contribution >= 4 is 6.21 Å². The highest BCUT2D eigenvalue weighted by atomic mass is 19.4. The van der Waals surface area contributed by atoms with Crippen LogP contribution < -0.4 is 10.4 Å². The van der Waals surface area contributed by atoms with Crippen molar-refractivity contribution in [2.45, 2.75) is 44.0 Å². The number of hydrogen-bond acceptors (Lipinski definition) is 9. The topological polar surface area (TPSA) is 118 Å². The van der Waals surface area contributed by atoms with E-state index < -0.39 is 36.3 Å². The van der Waals surface area contributed by atoms with Crippen LogP contribution in [0, 0.1) is 0 Å². The molecule has 0 saturated carbocycles. The van der Waals surface area contributed by atoms with Crippen molar-refractivity contribution in [3.05, 3.63) is 64.6 Å². The van der Waals surface area contributed by atoms with Gasteiger partial charge in [-0.15, -0.1) is 18.3 Å². The lowest BCUT2D eigenvalue weighted by molar-refractivity contribution is -0.305. The molecule has 1 N–H and O–H groups in total. The number of rotatable bonds is 9. The molecule has 3 aromatic rings. The van der Waals surface area contributed by atoms with Crippen molar-refractivity contribution in [3.63, 3.8) is 0 Å². The van der Waals surface area contributed by atoms with Gasteiger partial charge in [-0.2, -0.15) is 4.68 Å². The second-order valence-electron chi connectivity index (χ2n) is 8.50. The number of H-pyrrole nitrogens is 1. The summed E-state index contributed by atoms with van der Waals surface area (Å²) in [6, 6.07) is 11.7. The van der Waals surface area contributed by atoms with E-state index in [0.717, 1.165) is 16.8 Å². The van der Waals surface area contributed by atoms with Gasteiger partial charge in [-0.05, 0) is 36.8 Å². The molecule has 0 spiro atoms. The third kappa shape index (κ3) is 6.65. The molecule has 210 valence electrons. The van der Waals surface area contributed by atoms with Crippen LogP contribution in [0.4, 0.5) is 13.2 Å². The Morgan fingerprint density at radius 2 is 1.62 bits per heavy atom. The van der Waals surface area contributed by atoms with Gasteiger partial charge < -0.3 is 28.5 Å². The number of nitrogens with one attached hydrogen (secondary N) is 1. The van der Waals surface area contributed by atoms with Gasteiger partial charge in [0, 0.05) is 26.9 Å². The summed E-state index contributed by atoms with van der Waals surface area (Å²) in [5, 5.41) is 8.26. The van der Waals surface area contributed by atoms with E-state index in [9.17, 15) is 18.0 Å². The maximum atomic E-state index is 12.4. The number of ether oxygens (including phenoxy) is 5. The minimum atomic E-state index is -4.81. The van der Waals surface area contributed by atoms with Crippen LogP contribution >= 0.6 is 0 Å². The average Bonchev–Trinajstić information content (AvgIpc) is 3.29. The van der Waals surface area contributed by atoms with Crippen LogP contribution in [0.25, 0.3) is 17.1 Å². The first-order valence-electron chi connectivity index (χ1n) is 11.7. The van der Waals surface area contributed by atoms with Gasteiger partial charge in [-0.1, -0.05) is 29.4 Å². The Morgan fingerprint density at radius 3 is 2.21 bits per heavy atom. The van der Waals surface area contributed by atoms with E-state index in [-0.39, 0.29) is 23.7 Å². The third-order valence-electron chi connectivity index (χ3n) is 6.03. The molecular formula is C25H27F3N4O7. The lowest BCUT2D eigenvalue weighted by atomic mass is 9.99. The number of benzene rings is 2. The summed E-state index contributed by atoms with van der Waals surface area (Å²) in [6.07, 6.45) is -5.79. The smallest absolute Gasteiger partial charge is 0.406 e. The van der Waals surface area contributed by atoms with E-state index in [1.807, 2.05) is 6.92 Å². The van der Waals surface area contributed by atoms with E-state index in [2.05, 4.69) is 20.0 Å². The van der Waals surface area contributed by atoms with Crippen LogP contribution in [-0.2, 0) is 23.8 Å². The molecule has 5 atom stereocenters. The lowest BCUT2D eigenvalue weighted by Gasteiger charge is -2.42. The highest BCUT2D eigenvalue weighted by Gasteiger charge is 2.46. The molecule has 0 unspecified atom stereocenters. The Morgan fingerprint density at radius 1 is 0.974 bits per heavy atom. The third-order valence-corrected chi connectivity index (χ3v) is 6.03. The molecule has 0 radical (unpaired) electrons. The fourth-order valence-electron chi connectivity index (χ4n) is 4.20. The van der Waals surface area contributed by atoms with Crippen LogP contribution in [0.15, 0.2) is 58.5 Å². The molecule has 4 rings (SSSR count). The highest BCUT2D eigenvalue weighted by Crippen LogP contribution is 2.28. The van der Waals surface area contributed by atoms with E-state index in [0.29, 0.717) is 11.1 Å². The Labute approximate surface area is 221 Å². The number of aromatic amines is 1. The molecule has 11 nitrogen and oxygen atoms in total. The largest absolute Gasteiger partial charge is 0.573 e. The number of halogens is 3. The quantitative estimate of drug-likeness (QED) is 0.318. The molecule has 1 fully saturated rings. The predicted molar refractivity (Wildman–Crippen MR) is 132 cm³/mol. The van der Waals surface area contributed by atoms with Crippen LogP contribution in [0.1, 0.15) is 12.5 Å². The second kappa shape index (κ2) is 12.0. The van der Waals surface area contributed by atoms with Gasteiger partial charge in [-0.3, -0.25) is 4.98 Å². The Hall–Kier alpha value is -3.72. The fourth-order valence-corrected chi connectivity index (χ4v) is 4.20. The standard InChI is InChI=1S/C25H27F3N4O7/c1-14-19(34-2)20(35-3)21(36-4)23(37-14)39-29-13-15-5-7-16(8-6-15)22-30-24(33)32(31-22)17-9-11-18(12-10-17)38-25(26,27)28/h5-14,19-21,23H,1-4H3,(H,30,31,33)/b29-13+/t14-,19-,20+,21+,23-/m0/s1. The van der Waals surface area contributed by atoms with Crippen LogP contribution in [0.2, 0.25) is 0 Å². The fraction of sp³-hybridized carbons (Fsp3) is 0.400. The molecule has 1 saturated heterocycles. The van der Waals surface area contributed by atoms with Crippen LogP contribution in [-0.4, -0.2) is 79.4 Å². The summed E-state index contributed by atoms with van der Waals surface area (Å²) in [4.78, 5) is 20.6. The van der Waals surface area contributed by atoms with Crippen molar-refractivity contribution < 1.29 is 41.7 Å². The van der Waals surface area contributed by atoms with Gasteiger partial charge in [0.25, 0.3) is 6.29 Å². The summed E-state index contributed by atoms with van der Waals surface area (Å²) in [7, 11) is 4.65. The second-order valence-corrected chi connectivity index (χ2v) is 8.50. The molecule has 1 aromatic heterocycles. The maximum Gasteiger partial charge on any atom is 0.573 e. The summed E-state index contributed by atoms with van der Waals surface area (Å²) in [5.74, 6) is -0.141. The molecule has 1 aliphatic heterocycles. The van der Waals surface area contributed by atoms with Crippen molar-refractivity contribution in [1.29, 1.82) is 0 Å². The molecule has 0 amide bonds. The molecule has 1 aliphatic rings. The molecule has 0 aliphatic carbocycles. The number of aromatic nitrogens is 3. The molecule has 2 heterocycles. The van der Waals surface area contributed by atoms with Crippen molar-refractivity contribution in [1.82, 2.24) is 14.8 Å². The van der Waals surface area contributed by atoms with Gasteiger partial charge in [0.1, 0.15) is 18.0 Å². The average molecular weight is 553 g/mol. The number of hydrogen-bond donors (Lipinski definition) is 1. The first-order chi connectivity index (χ1) is 18.6. The van der Waals surface area contributed by atoms with Gasteiger partial charge in [-0.25, -0.2) is 4.79 Å². The molecule has 2 aromatic carbocycles. The molecule has 39 heavy (non-hydrogen) atoms. The zero-order chi connectivity index (χ0) is 28.2. The van der Waals surface area contributed by atoms with E-state index in [1.54, 1.807) is 38.5 Å². The first-order valence-corrected chi connectivity index (χ1v) is 11.7. The van der Waals surface area contributed by atoms with Gasteiger partial charge >= 0.3 is 12.1 Å². The SMILES string of the molecule is CO[C@@H]1[C@@H](OC)[C@H](C)O[C@@H](O/N=C/c2ccc(-c3nn(-c4ccc(OC(F)(F)F)cc4)c(=O)[nH]3)cc2)[C@@H]1OC. The Kier molecular flexibility index (Phi) is 8.70. The minimum Gasteiger partial charge on any atom is -0.406 e. The number of methoxy groups -OCH3 is 3. The van der Waals surface area contributed by atoms with E-state index in [4.69, 9.17) is 23.8 Å². The normalized spacial score (nSPS) is 23.7. The number of nitrogens with zero attached hydrogens (tertiary/aromatic N) is 3. The molecular weight excluding hydrogens is 525 g/mol. The van der Waals surface area contributed by atoms with Gasteiger partial charge in [0.05, 0.1) is 18.0 Å². The predicted octanol–water partition coefficient (Wildman–Crippen LogP) is 3.27. The van der Waals surface area contributed by atoms with Crippen molar-refractivity contribution in [2.75, 3.05) is 21.3 Å². The summed E-state index contributed by atoms with van der Waals surface area (Å²) >= 11 is 0. The summed E-state index contributed by atoms with van der Waals surface area (Å²) in [6.45, 7) is 1.84. The Bertz CT molecular complexity index is 1310. The maximum absolute atomic E-state index is 12.4. The van der Waals surface area contributed by atoms with Crippen LogP contribution in [0.5, 0.6) is 5.75 Å². The van der Waals surface area contributed by atoms with Crippen molar-refractivity contribution in [2.24, 2.45) is 5.16 Å². The number of alkyl halides is 3. The summed E-state index contributed by atoms with van der Waals surface area (Å²) < 4.78 is 64.4. The Balaban J connectivity index is 1.42. The highest BCUT2D eigenvalue weighted by molar-refractivity contribution is 5.80. The number of oxime groups is 1. The first kappa shape index (κ1) is 28.3. The van der Waals surface area contributed by atoms with Gasteiger partial charge in [0.2, 0.25) is 0 Å². The molecule has 0 bridgehead atoms. The zero-order valence-corrected chi connectivity index (χ0v) is 21.4. The van der Waals surface area contributed by atoms with E-state index in [1.165, 1.54) is 25.5 Å². The zero-order valence-electron chi connectivity index (χ0n) is 21.4. The van der Waals surface area contributed by atoms with Crippen molar-refractivity contribution in [3.8, 4) is 22.8 Å². The monoisotopic (exact) mass is 552 g/mol.